The first-order valence-electron chi connectivity index (χ1n) is 9.16. The lowest BCUT2D eigenvalue weighted by molar-refractivity contribution is -0.159. The molecule has 0 spiro atoms. The van der Waals surface area contributed by atoms with Gasteiger partial charge in [0.15, 0.2) is 6.10 Å². The van der Waals surface area contributed by atoms with Gasteiger partial charge in [-0.2, -0.15) is 0 Å². The topological polar surface area (TPSA) is 46.6 Å². The highest BCUT2D eigenvalue weighted by Crippen LogP contribution is 2.22. The first kappa shape index (κ1) is 18.6. The summed E-state index contributed by atoms with van der Waals surface area (Å²) in [6.45, 7) is 3.15. The Morgan fingerprint density at radius 1 is 1.15 bits per heavy atom. The fraction of sp³-hybridized carbons (Fsp3) is 0.429. The van der Waals surface area contributed by atoms with Gasteiger partial charge in [0.1, 0.15) is 0 Å². The molecular formula is C21H25NO3S. The molecule has 0 saturated carbocycles. The Balaban J connectivity index is 1.43. The van der Waals surface area contributed by atoms with Crippen molar-refractivity contribution in [2.75, 3.05) is 13.1 Å². The summed E-state index contributed by atoms with van der Waals surface area (Å²) in [5.41, 5.74) is 1.35. The van der Waals surface area contributed by atoms with Crippen LogP contribution >= 0.6 is 11.3 Å². The Hall–Kier alpha value is -2.14. The van der Waals surface area contributed by atoms with Gasteiger partial charge in [-0.15, -0.1) is 11.3 Å². The summed E-state index contributed by atoms with van der Waals surface area (Å²) in [5.74, 6) is 0.188. The number of rotatable bonds is 6. The highest BCUT2D eigenvalue weighted by atomic mass is 32.1. The molecule has 1 fully saturated rings. The van der Waals surface area contributed by atoms with Crippen LogP contribution in [0.15, 0.2) is 47.8 Å². The van der Waals surface area contributed by atoms with Crippen LogP contribution < -0.4 is 0 Å². The number of benzene rings is 1. The van der Waals surface area contributed by atoms with E-state index in [1.54, 1.807) is 6.92 Å². The molecule has 1 aromatic heterocycles. The van der Waals surface area contributed by atoms with Gasteiger partial charge in [-0.05, 0) is 49.1 Å². The van der Waals surface area contributed by atoms with Crippen molar-refractivity contribution in [3.05, 3.63) is 58.3 Å². The van der Waals surface area contributed by atoms with E-state index in [4.69, 9.17) is 4.74 Å². The molecule has 0 aliphatic carbocycles. The number of hydrogen-bond donors (Lipinski definition) is 0. The number of carbonyl (C=O) groups excluding carboxylic acids is 2. The van der Waals surface area contributed by atoms with Crippen molar-refractivity contribution < 1.29 is 14.3 Å². The summed E-state index contributed by atoms with van der Waals surface area (Å²) in [4.78, 5) is 27.3. The highest BCUT2D eigenvalue weighted by molar-refractivity contribution is 7.10. The lowest BCUT2D eigenvalue weighted by Crippen LogP contribution is -2.44. The summed E-state index contributed by atoms with van der Waals surface area (Å²) in [5, 5.41) is 1.93. The predicted molar refractivity (Wildman–Crippen MR) is 103 cm³/mol. The number of ether oxygens (including phenoxy) is 1. The molecule has 2 aromatic rings. The summed E-state index contributed by atoms with van der Waals surface area (Å²) < 4.78 is 5.34. The van der Waals surface area contributed by atoms with Crippen molar-refractivity contribution in [1.29, 1.82) is 0 Å². The zero-order valence-electron chi connectivity index (χ0n) is 15.1. The fourth-order valence-corrected chi connectivity index (χ4v) is 4.10. The van der Waals surface area contributed by atoms with Crippen LogP contribution in [0.3, 0.4) is 0 Å². The van der Waals surface area contributed by atoms with Crippen molar-refractivity contribution in [2.24, 2.45) is 5.92 Å². The highest BCUT2D eigenvalue weighted by Gasteiger charge is 2.28. The molecule has 26 heavy (non-hydrogen) atoms. The maximum atomic E-state index is 12.6. The van der Waals surface area contributed by atoms with E-state index < -0.39 is 6.10 Å². The zero-order chi connectivity index (χ0) is 18.4. The van der Waals surface area contributed by atoms with Crippen LogP contribution in [0.1, 0.15) is 30.2 Å². The molecule has 2 heterocycles. The van der Waals surface area contributed by atoms with E-state index in [1.165, 1.54) is 16.9 Å². The maximum Gasteiger partial charge on any atom is 0.311 e. The predicted octanol–water partition coefficient (Wildman–Crippen LogP) is 3.70. The Kier molecular flexibility index (Phi) is 6.45. The minimum absolute atomic E-state index is 0.0808. The number of thiophene rings is 1. The average molecular weight is 372 g/mol. The second-order valence-electron chi connectivity index (χ2n) is 6.85. The fourth-order valence-electron chi connectivity index (χ4n) is 3.41. The molecule has 0 bridgehead atoms. The van der Waals surface area contributed by atoms with Gasteiger partial charge >= 0.3 is 5.97 Å². The van der Waals surface area contributed by atoms with Gasteiger partial charge in [0.2, 0.25) is 0 Å². The van der Waals surface area contributed by atoms with E-state index in [9.17, 15) is 9.59 Å². The van der Waals surface area contributed by atoms with Gasteiger partial charge in [0.05, 0.1) is 6.42 Å². The van der Waals surface area contributed by atoms with Crippen LogP contribution in [0.2, 0.25) is 0 Å². The van der Waals surface area contributed by atoms with Crippen LogP contribution in [-0.4, -0.2) is 36.0 Å². The third kappa shape index (κ3) is 5.18. The maximum absolute atomic E-state index is 12.6. The number of hydrogen-bond acceptors (Lipinski definition) is 4. The van der Waals surface area contributed by atoms with Crippen LogP contribution in [0.5, 0.6) is 0 Å². The Morgan fingerprint density at radius 2 is 1.88 bits per heavy atom. The monoisotopic (exact) mass is 371 g/mol. The molecule has 1 aliphatic rings. The molecule has 5 heteroatoms. The van der Waals surface area contributed by atoms with Gasteiger partial charge in [0, 0.05) is 18.0 Å². The molecule has 3 rings (SSSR count). The summed E-state index contributed by atoms with van der Waals surface area (Å²) in [6.07, 6.45) is 2.57. The molecular weight excluding hydrogens is 346 g/mol. The van der Waals surface area contributed by atoms with Crippen LogP contribution in [0.25, 0.3) is 0 Å². The van der Waals surface area contributed by atoms with Gasteiger partial charge in [-0.3, -0.25) is 9.59 Å². The normalized spacial score (nSPS) is 16.3. The van der Waals surface area contributed by atoms with Crippen LogP contribution in [-0.2, 0) is 27.2 Å². The largest absolute Gasteiger partial charge is 0.452 e. The van der Waals surface area contributed by atoms with Crippen molar-refractivity contribution in [1.82, 2.24) is 4.90 Å². The van der Waals surface area contributed by atoms with Crippen molar-refractivity contribution in [2.45, 2.75) is 38.7 Å². The van der Waals surface area contributed by atoms with Crippen molar-refractivity contribution in [3.63, 3.8) is 0 Å². The molecule has 0 N–H and O–H groups in total. The third-order valence-electron chi connectivity index (χ3n) is 4.85. The zero-order valence-corrected chi connectivity index (χ0v) is 15.9. The number of likely N-dealkylation sites (tertiary alicyclic amines) is 1. The lowest BCUT2D eigenvalue weighted by atomic mass is 9.90. The minimum Gasteiger partial charge on any atom is -0.452 e. The Bertz CT molecular complexity index is 706. The van der Waals surface area contributed by atoms with Crippen molar-refractivity contribution in [3.8, 4) is 0 Å². The molecule has 1 aromatic carbocycles. The lowest BCUT2D eigenvalue weighted by Gasteiger charge is -2.33. The standard InChI is InChI=1S/C21H25NO3S/c1-16(25-20(23)15-19-8-5-13-26-19)21(24)22-11-9-18(10-12-22)14-17-6-3-2-4-7-17/h2-8,13,16,18H,9-12,14-15H2,1H3. The average Bonchev–Trinajstić information content (AvgIpc) is 3.15. The van der Waals surface area contributed by atoms with Crippen LogP contribution in [0, 0.1) is 5.92 Å². The second-order valence-corrected chi connectivity index (χ2v) is 7.88. The van der Waals surface area contributed by atoms with Crippen LogP contribution in [0.4, 0.5) is 0 Å². The van der Waals surface area contributed by atoms with E-state index in [0.29, 0.717) is 5.92 Å². The Morgan fingerprint density at radius 3 is 2.54 bits per heavy atom. The van der Waals surface area contributed by atoms with Gasteiger partial charge < -0.3 is 9.64 Å². The number of piperidine rings is 1. The summed E-state index contributed by atoms with van der Waals surface area (Å²) in [6, 6.07) is 14.3. The molecule has 1 aliphatic heterocycles. The SMILES string of the molecule is CC(OC(=O)Cc1cccs1)C(=O)N1CCC(Cc2ccccc2)CC1. The molecule has 1 unspecified atom stereocenters. The molecule has 4 nitrogen and oxygen atoms in total. The number of carbonyl (C=O) groups is 2. The van der Waals surface area contributed by atoms with Gasteiger partial charge in [-0.25, -0.2) is 0 Å². The third-order valence-corrected chi connectivity index (χ3v) is 5.72. The number of esters is 1. The van der Waals surface area contributed by atoms with Crippen molar-refractivity contribution >= 4 is 23.2 Å². The first-order chi connectivity index (χ1) is 12.6. The van der Waals surface area contributed by atoms with Gasteiger partial charge in [-0.1, -0.05) is 36.4 Å². The summed E-state index contributed by atoms with van der Waals surface area (Å²) >= 11 is 1.52. The van der Waals surface area contributed by atoms with Gasteiger partial charge in [0.25, 0.3) is 5.91 Å². The quantitative estimate of drug-likeness (QED) is 0.728. The van der Waals surface area contributed by atoms with E-state index >= 15 is 0 Å². The summed E-state index contributed by atoms with van der Waals surface area (Å²) in [7, 11) is 0. The van der Waals surface area contributed by atoms with E-state index in [1.807, 2.05) is 28.5 Å². The molecule has 1 atom stereocenters. The molecule has 138 valence electrons. The molecule has 1 amide bonds. The van der Waals surface area contributed by atoms with E-state index in [-0.39, 0.29) is 18.3 Å². The second kappa shape index (κ2) is 8.99. The minimum atomic E-state index is -0.715. The van der Waals surface area contributed by atoms with E-state index in [2.05, 4.69) is 24.3 Å². The molecule has 1 saturated heterocycles. The number of amides is 1. The van der Waals surface area contributed by atoms with E-state index in [0.717, 1.165) is 37.2 Å². The Labute approximate surface area is 158 Å². The number of nitrogens with zero attached hydrogens (tertiary/aromatic N) is 1. The first-order valence-corrected chi connectivity index (χ1v) is 10.0. The molecule has 0 radical (unpaired) electrons. The smallest absolute Gasteiger partial charge is 0.311 e.